The molecule has 0 radical (unpaired) electrons. The summed E-state index contributed by atoms with van der Waals surface area (Å²) in [7, 11) is 0. The normalized spacial score (nSPS) is 13.9. The van der Waals surface area contributed by atoms with Crippen LogP contribution in [0.15, 0.2) is 24.3 Å². The second-order valence-corrected chi connectivity index (χ2v) is 5.76. The maximum absolute atomic E-state index is 12.6. The topological polar surface area (TPSA) is 46.5 Å². The lowest BCUT2D eigenvalue weighted by Gasteiger charge is -2.20. The summed E-state index contributed by atoms with van der Waals surface area (Å²) in [6.45, 7) is 5.15. The minimum Gasteiger partial charge on any atom is -0.460 e. The van der Waals surface area contributed by atoms with Gasteiger partial charge in [-0.05, 0) is 44.9 Å². The molecule has 1 N–H and O–H groups in total. The molecule has 0 saturated carbocycles. The van der Waals surface area contributed by atoms with E-state index in [1.54, 1.807) is 20.8 Å². The Hall–Kier alpha value is -1.56. The lowest BCUT2D eigenvalue weighted by atomic mass is 10.0. The van der Waals surface area contributed by atoms with Crippen molar-refractivity contribution in [3.05, 3.63) is 35.4 Å². The largest absolute Gasteiger partial charge is 0.460 e. The van der Waals surface area contributed by atoms with Crippen LogP contribution in [0.25, 0.3) is 0 Å². The predicted octanol–water partition coefficient (Wildman–Crippen LogP) is 3.86. The molecule has 1 rings (SSSR count). The van der Waals surface area contributed by atoms with Crippen LogP contribution in [0.3, 0.4) is 0 Å². The standard InChI is InChI=1S/C15H19F3O3/c1-14(2,3)21-13(20)8-7-12(19)10-5-4-6-11(9-10)15(16,17)18/h4-6,9,12,19H,7-8H2,1-3H3. The Bertz CT molecular complexity index is 490. The third kappa shape index (κ3) is 6.16. The van der Waals surface area contributed by atoms with Crippen LogP contribution in [0.4, 0.5) is 13.2 Å². The van der Waals surface area contributed by atoms with Crippen LogP contribution < -0.4 is 0 Å². The molecule has 6 heteroatoms. The number of esters is 1. The van der Waals surface area contributed by atoms with Gasteiger partial charge in [0.15, 0.2) is 0 Å². The first-order chi connectivity index (χ1) is 9.49. The molecule has 0 aliphatic rings. The number of aliphatic hydroxyl groups is 1. The van der Waals surface area contributed by atoms with Crippen LogP contribution in [-0.4, -0.2) is 16.7 Å². The first-order valence-corrected chi connectivity index (χ1v) is 6.56. The van der Waals surface area contributed by atoms with Crippen LogP contribution in [0, 0.1) is 0 Å². The fourth-order valence-corrected chi connectivity index (χ4v) is 1.74. The highest BCUT2D eigenvalue weighted by Gasteiger charge is 2.30. The molecule has 1 unspecified atom stereocenters. The van der Waals surface area contributed by atoms with E-state index < -0.39 is 29.4 Å². The number of hydrogen-bond donors (Lipinski definition) is 1. The number of alkyl halides is 3. The average molecular weight is 304 g/mol. The maximum atomic E-state index is 12.6. The molecule has 0 aliphatic carbocycles. The van der Waals surface area contributed by atoms with Crippen molar-refractivity contribution >= 4 is 5.97 Å². The molecule has 0 saturated heterocycles. The van der Waals surface area contributed by atoms with E-state index in [4.69, 9.17) is 4.74 Å². The van der Waals surface area contributed by atoms with Crippen molar-refractivity contribution in [1.82, 2.24) is 0 Å². The third-order valence-electron chi connectivity index (χ3n) is 2.64. The third-order valence-corrected chi connectivity index (χ3v) is 2.64. The Morgan fingerprint density at radius 1 is 1.29 bits per heavy atom. The molecule has 0 spiro atoms. The molecule has 0 aromatic heterocycles. The summed E-state index contributed by atoms with van der Waals surface area (Å²) in [5.41, 5.74) is -1.32. The van der Waals surface area contributed by atoms with E-state index in [0.29, 0.717) is 0 Å². The molecule has 0 fully saturated rings. The van der Waals surface area contributed by atoms with Crippen molar-refractivity contribution in [3.8, 4) is 0 Å². The molecule has 1 aromatic carbocycles. The Kier molecular flexibility index (Phi) is 5.39. The van der Waals surface area contributed by atoms with Crippen LogP contribution in [0.1, 0.15) is 50.8 Å². The van der Waals surface area contributed by atoms with Crippen molar-refractivity contribution in [1.29, 1.82) is 0 Å². The van der Waals surface area contributed by atoms with E-state index in [9.17, 15) is 23.1 Å². The predicted molar refractivity (Wildman–Crippen MR) is 71.5 cm³/mol. The van der Waals surface area contributed by atoms with Gasteiger partial charge in [0.2, 0.25) is 0 Å². The lowest BCUT2D eigenvalue weighted by Crippen LogP contribution is -2.24. The van der Waals surface area contributed by atoms with Gasteiger partial charge in [-0.3, -0.25) is 4.79 Å². The maximum Gasteiger partial charge on any atom is 0.416 e. The highest BCUT2D eigenvalue weighted by molar-refractivity contribution is 5.69. The Morgan fingerprint density at radius 2 is 1.90 bits per heavy atom. The molecular weight excluding hydrogens is 285 g/mol. The van der Waals surface area contributed by atoms with Crippen molar-refractivity contribution < 1.29 is 27.8 Å². The van der Waals surface area contributed by atoms with Crippen molar-refractivity contribution in [2.24, 2.45) is 0 Å². The zero-order valence-electron chi connectivity index (χ0n) is 12.2. The number of ether oxygens (including phenoxy) is 1. The molecule has 0 bridgehead atoms. The van der Waals surface area contributed by atoms with E-state index >= 15 is 0 Å². The highest BCUT2D eigenvalue weighted by Crippen LogP contribution is 2.31. The van der Waals surface area contributed by atoms with Crippen LogP contribution in [0.2, 0.25) is 0 Å². The van der Waals surface area contributed by atoms with Gasteiger partial charge in [-0.2, -0.15) is 13.2 Å². The number of benzene rings is 1. The molecule has 1 atom stereocenters. The quantitative estimate of drug-likeness (QED) is 0.859. The molecule has 0 amide bonds. The van der Waals surface area contributed by atoms with Gasteiger partial charge >= 0.3 is 12.1 Å². The number of carbonyl (C=O) groups is 1. The molecule has 1 aromatic rings. The SMILES string of the molecule is CC(C)(C)OC(=O)CCC(O)c1cccc(C(F)(F)F)c1. The molecule has 21 heavy (non-hydrogen) atoms. The number of halogens is 3. The summed E-state index contributed by atoms with van der Waals surface area (Å²) in [6, 6.07) is 4.45. The van der Waals surface area contributed by atoms with Crippen molar-refractivity contribution in [2.75, 3.05) is 0 Å². The van der Waals surface area contributed by atoms with Gasteiger partial charge in [-0.25, -0.2) is 0 Å². The van der Waals surface area contributed by atoms with Crippen LogP contribution >= 0.6 is 0 Å². The van der Waals surface area contributed by atoms with Gasteiger partial charge in [-0.1, -0.05) is 12.1 Å². The average Bonchev–Trinajstić information content (AvgIpc) is 2.33. The zero-order valence-corrected chi connectivity index (χ0v) is 12.2. The molecular formula is C15H19F3O3. The summed E-state index contributed by atoms with van der Waals surface area (Å²) < 4.78 is 42.8. The summed E-state index contributed by atoms with van der Waals surface area (Å²) in [5, 5.41) is 9.88. The van der Waals surface area contributed by atoms with Crippen molar-refractivity contribution in [3.63, 3.8) is 0 Å². The zero-order chi connectivity index (χ0) is 16.3. The summed E-state index contributed by atoms with van der Waals surface area (Å²) >= 11 is 0. The van der Waals surface area contributed by atoms with E-state index in [1.807, 2.05) is 0 Å². The summed E-state index contributed by atoms with van der Waals surface area (Å²) in [5.74, 6) is -0.492. The summed E-state index contributed by atoms with van der Waals surface area (Å²) in [6.07, 6.45) is -5.65. The van der Waals surface area contributed by atoms with Gasteiger partial charge in [0, 0.05) is 6.42 Å². The van der Waals surface area contributed by atoms with Crippen LogP contribution in [-0.2, 0) is 15.7 Å². The van der Waals surface area contributed by atoms with Gasteiger partial charge in [0.1, 0.15) is 5.60 Å². The van der Waals surface area contributed by atoms with E-state index in [-0.39, 0.29) is 18.4 Å². The van der Waals surface area contributed by atoms with Crippen LogP contribution in [0.5, 0.6) is 0 Å². The molecule has 3 nitrogen and oxygen atoms in total. The number of hydrogen-bond acceptors (Lipinski definition) is 3. The van der Waals surface area contributed by atoms with Gasteiger partial charge in [0.05, 0.1) is 11.7 Å². The van der Waals surface area contributed by atoms with Gasteiger partial charge < -0.3 is 9.84 Å². The van der Waals surface area contributed by atoms with E-state index in [0.717, 1.165) is 12.1 Å². The monoisotopic (exact) mass is 304 g/mol. The van der Waals surface area contributed by atoms with Crippen molar-refractivity contribution in [2.45, 2.75) is 51.5 Å². The van der Waals surface area contributed by atoms with Gasteiger partial charge in [0.25, 0.3) is 0 Å². The highest BCUT2D eigenvalue weighted by atomic mass is 19.4. The summed E-state index contributed by atoms with van der Waals surface area (Å²) in [4.78, 5) is 11.5. The van der Waals surface area contributed by atoms with Gasteiger partial charge in [-0.15, -0.1) is 0 Å². The van der Waals surface area contributed by atoms with E-state index in [1.165, 1.54) is 12.1 Å². The molecule has 118 valence electrons. The minimum absolute atomic E-state index is 0.0101. The Labute approximate surface area is 121 Å². The Morgan fingerprint density at radius 3 is 2.43 bits per heavy atom. The first-order valence-electron chi connectivity index (χ1n) is 6.56. The Balaban J connectivity index is 2.64. The lowest BCUT2D eigenvalue weighted by molar-refractivity contribution is -0.155. The minimum atomic E-state index is -4.46. The molecule has 0 heterocycles. The fourth-order valence-electron chi connectivity index (χ4n) is 1.74. The fraction of sp³-hybridized carbons (Fsp3) is 0.533. The second-order valence-electron chi connectivity index (χ2n) is 5.76. The first kappa shape index (κ1) is 17.5. The number of aliphatic hydroxyl groups excluding tert-OH is 1. The number of carbonyl (C=O) groups excluding carboxylic acids is 1. The smallest absolute Gasteiger partial charge is 0.416 e. The number of rotatable bonds is 4. The second kappa shape index (κ2) is 6.47. The molecule has 0 aliphatic heterocycles. The van der Waals surface area contributed by atoms with E-state index in [2.05, 4.69) is 0 Å².